The first kappa shape index (κ1) is 23.5. The van der Waals surface area contributed by atoms with E-state index in [-0.39, 0.29) is 12.8 Å². The van der Waals surface area contributed by atoms with Gasteiger partial charge in [-0.1, -0.05) is 39.8 Å². The Bertz CT molecular complexity index is 890. The van der Waals surface area contributed by atoms with Crippen LogP contribution in [0, 0.1) is 13.8 Å². The Balaban J connectivity index is 2.37. The fourth-order valence-corrected chi connectivity index (χ4v) is 4.86. The van der Waals surface area contributed by atoms with Crippen LogP contribution in [0.15, 0.2) is 30.3 Å². The van der Waals surface area contributed by atoms with Gasteiger partial charge in [-0.15, -0.1) is 0 Å². The third kappa shape index (κ3) is 5.03. The van der Waals surface area contributed by atoms with E-state index < -0.39 is 12.9 Å². The highest BCUT2D eigenvalue weighted by Crippen LogP contribution is 2.55. The Kier molecular flexibility index (Phi) is 7.21. The van der Waals surface area contributed by atoms with Gasteiger partial charge in [-0.3, -0.25) is 4.57 Å². The number of hydrogen-bond donors (Lipinski definition) is 3. The monoisotopic (exact) mass is 419 g/mol. The summed E-state index contributed by atoms with van der Waals surface area (Å²) in [6, 6.07) is 9.93. The highest BCUT2D eigenvalue weighted by atomic mass is 31.2. The lowest BCUT2D eigenvalue weighted by Crippen LogP contribution is -2.34. The van der Waals surface area contributed by atoms with Crippen molar-refractivity contribution in [2.45, 2.75) is 72.1 Å². The average molecular weight is 420 g/mol. The summed E-state index contributed by atoms with van der Waals surface area (Å²) in [5.41, 5.74) is 12.5. The lowest BCUT2D eigenvalue weighted by atomic mass is 9.92. The molecular formula is C23H34NO4P. The first-order valence-electron chi connectivity index (χ1n) is 10.2. The molecule has 0 amide bonds. The van der Waals surface area contributed by atoms with E-state index >= 15 is 0 Å². The number of nitrogens with two attached hydrogens (primary N) is 1. The summed E-state index contributed by atoms with van der Waals surface area (Å²) < 4.78 is 18.0. The van der Waals surface area contributed by atoms with Gasteiger partial charge in [0.25, 0.3) is 0 Å². The van der Waals surface area contributed by atoms with Crippen LogP contribution in [0.2, 0.25) is 0 Å². The predicted octanol–water partition coefficient (Wildman–Crippen LogP) is 5.67. The fraction of sp³-hybridized carbons (Fsp3) is 0.478. The zero-order valence-corrected chi connectivity index (χ0v) is 19.2. The number of rotatable bonds is 8. The first-order chi connectivity index (χ1) is 13.4. The predicted molar refractivity (Wildman–Crippen MR) is 120 cm³/mol. The highest BCUT2D eigenvalue weighted by molar-refractivity contribution is 7.53. The van der Waals surface area contributed by atoms with Crippen LogP contribution >= 0.6 is 7.60 Å². The molecule has 0 bridgehead atoms. The van der Waals surface area contributed by atoms with E-state index in [2.05, 4.69) is 26.0 Å². The molecule has 5 nitrogen and oxygen atoms in total. The molecule has 0 unspecified atom stereocenters. The zero-order valence-electron chi connectivity index (χ0n) is 18.3. The fourth-order valence-electron chi connectivity index (χ4n) is 3.81. The van der Waals surface area contributed by atoms with Crippen LogP contribution < -0.4 is 10.5 Å². The van der Waals surface area contributed by atoms with Crippen molar-refractivity contribution in [3.05, 3.63) is 58.1 Å². The molecule has 4 N–H and O–H groups in total. The molecule has 6 heteroatoms. The van der Waals surface area contributed by atoms with Gasteiger partial charge in [-0.05, 0) is 85.0 Å². The van der Waals surface area contributed by atoms with Crippen molar-refractivity contribution in [2.75, 3.05) is 5.73 Å². The minimum absolute atomic E-state index is 0.233. The minimum Gasteiger partial charge on any atom is -0.475 e. The van der Waals surface area contributed by atoms with E-state index in [4.69, 9.17) is 10.5 Å². The summed E-state index contributed by atoms with van der Waals surface area (Å²) in [6.07, 6.45) is 1.23. The summed E-state index contributed by atoms with van der Waals surface area (Å²) in [7, 11) is -4.42. The van der Waals surface area contributed by atoms with Gasteiger partial charge in [0.1, 0.15) is 5.75 Å². The van der Waals surface area contributed by atoms with Gasteiger partial charge in [-0.2, -0.15) is 0 Å². The van der Waals surface area contributed by atoms with E-state index in [0.717, 1.165) is 28.8 Å². The Hall–Kier alpha value is -1.81. The summed E-state index contributed by atoms with van der Waals surface area (Å²) >= 11 is 0. The Labute approximate surface area is 174 Å². The molecule has 0 aliphatic heterocycles. The molecule has 0 saturated heterocycles. The lowest BCUT2D eigenvalue weighted by Gasteiger charge is -2.33. The van der Waals surface area contributed by atoms with Crippen molar-refractivity contribution in [1.29, 1.82) is 0 Å². The number of benzene rings is 2. The van der Waals surface area contributed by atoms with E-state index in [9.17, 15) is 14.4 Å². The smallest absolute Gasteiger partial charge is 0.368 e. The van der Waals surface area contributed by atoms with Gasteiger partial charge in [0, 0.05) is 5.69 Å². The van der Waals surface area contributed by atoms with Crippen LogP contribution in [0.1, 0.15) is 74.3 Å². The summed E-state index contributed by atoms with van der Waals surface area (Å²) in [4.78, 5) is 19.7. The molecule has 0 atom stereocenters. The van der Waals surface area contributed by atoms with E-state index in [1.54, 1.807) is 13.8 Å². The topological polar surface area (TPSA) is 92.8 Å². The van der Waals surface area contributed by atoms with Crippen LogP contribution in [0.5, 0.6) is 5.75 Å². The van der Waals surface area contributed by atoms with Gasteiger partial charge in [0.05, 0.1) is 0 Å². The minimum atomic E-state index is -4.42. The SMILES string of the molecule is CCC(CC)(Oc1cc(C)c(Cc2ccc(N)c(C(C)C)c2)c(C)c1)P(=O)(O)O. The van der Waals surface area contributed by atoms with Gasteiger partial charge >= 0.3 is 7.60 Å². The first-order valence-corrected chi connectivity index (χ1v) is 11.8. The lowest BCUT2D eigenvalue weighted by molar-refractivity contribution is 0.108. The summed E-state index contributed by atoms with van der Waals surface area (Å²) in [5.74, 6) is 0.854. The van der Waals surface area contributed by atoms with E-state index in [1.165, 1.54) is 11.1 Å². The van der Waals surface area contributed by atoms with Crippen molar-refractivity contribution in [3.8, 4) is 5.75 Å². The second-order valence-corrected chi connectivity index (χ2v) is 10.0. The molecule has 2 rings (SSSR count). The van der Waals surface area contributed by atoms with Crippen LogP contribution in [-0.2, 0) is 11.0 Å². The average Bonchev–Trinajstić information content (AvgIpc) is 2.62. The third-order valence-corrected chi connectivity index (χ3v) is 7.55. The molecule has 29 heavy (non-hydrogen) atoms. The molecule has 0 radical (unpaired) electrons. The second-order valence-electron chi connectivity index (χ2n) is 8.13. The molecule has 0 aliphatic carbocycles. The molecule has 0 saturated carbocycles. The van der Waals surface area contributed by atoms with Crippen molar-refractivity contribution >= 4 is 13.3 Å². The molecule has 0 aliphatic rings. The Morgan fingerprint density at radius 3 is 2.07 bits per heavy atom. The molecule has 0 heterocycles. The normalized spacial score (nSPS) is 12.4. The molecule has 2 aromatic carbocycles. The maximum Gasteiger partial charge on any atom is 0.368 e. The molecule has 160 valence electrons. The summed E-state index contributed by atoms with van der Waals surface area (Å²) in [5, 5.41) is -1.49. The number of hydrogen-bond acceptors (Lipinski definition) is 3. The number of anilines is 1. The van der Waals surface area contributed by atoms with Crippen molar-refractivity contribution < 1.29 is 19.1 Å². The molecule has 2 aromatic rings. The maximum atomic E-state index is 12.1. The van der Waals surface area contributed by atoms with Gasteiger partial charge < -0.3 is 20.3 Å². The molecule has 0 aromatic heterocycles. The van der Waals surface area contributed by atoms with Gasteiger partial charge in [0.2, 0.25) is 5.34 Å². The highest BCUT2D eigenvalue weighted by Gasteiger charge is 2.46. The summed E-state index contributed by atoms with van der Waals surface area (Å²) in [6.45, 7) is 11.8. The third-order valence-electron chi connectivity index (χ3n) is 5.77. The van der Waals surface area contributed by atoms with Crippen LogP contribution in [0.3, 0.4) is 0 Å². The number of nitrogen functional groups attached to an aromatic ring is 1. The molecular weight excluding hydrogens is 385 g/mol. The van der Waals surface area contributed by atoms with E-state index in [0.29, 0.717) is 11.7 Å². The zero-order chi connectivity index (χ0) is 22.0. The standard InChI is InChI=1S/C23H34NO4P/c1-7-23(8-2,29(25,26)27)28-19-11-16(5)21(17(6)12-19)14-18-9-10-22(24)20(13-18)15(3)4/h9-13,15H,7-8,14,24H2,1-6H3,(H2,25,26,27). The molecule has 0 spiro atoms. The Morgan fingerprint density at radius 1 is 1.07 bits per heavy atom. The van der Waals surface area contributed by atoms with Crippen LogP contribution in [0.25, 0.3) is 0 Å². The second kappa shape index (κ2) is 8.91. The quantitative estimate of drug-likeness (QED) is 0.378. The van der Waals surface area contributed by atoms with Crippen LogP contribution in [0.4, 0.5) is 5.69 Å². The van der Waals surface area contributed by atoms with Gasteiger partial charge in [0.15, 0.2) is 0 Å². The van der Waals surface area contributed by atoms with Crippen molar-refractivity contribution in [2.24, 2.45) is 0 Å². The molecule has 0 fully saturated rings. The maximum absolute atomic E-state index is 12.1. The number of ether oxygens (including phenoxy) is 1. The van der Waals surface area contributed by atoms with Crippen molar-refractivity contribution in [1.82, 2.24) is 0 Å². The van der Waals surface area contributed by atoms with E-state index in [1.807, 2.05) is 32.0 Å². The number of aryl methyl sites for hydroxylation is 2. The van der Waals surface area contributed by atoms with Crippen LogP contribution in [-0.4, -0.2) is 15.1 Å². The largest absolute Gasteiger partial charge is 0.475 e. The van der Waals surface area contributed by atoms with Crippen molar-refractivity contribution in [3.63, 3.8) is 0 Å². The Morgan fingerprint density at radius 2 is 1.62 bits per heavy atom. The van der Waals surface area contributed by atoms with Gasteiger partial charge in [-0.25, -0.2) is 0 Å².